The molecule has 5 aromatic rings. The van der Waals surface area contributed by atoms with Gasteiger partial charge in [0, 0.05) is 12.1 Å². The first-order chi connectivity index (χ1) is 17.4. The summed E-state index contributed by atoms with van der Waals surface area (Å²) in [6, 6.07) is 26.0. The Morgan fingerprint density at radius 1 is 0.889 bits per heavy atom. The van der Waals surface area contributed by atoms with Gasteiger partial charge in [0.2, 0.25) is 0 Å². The summed E-state index contributed by atoms with van der Waals surface area (Å²) in [6.45, 7) is 0.597. The van der Waals surface area contributed by atoms with Crippen molar-refractivity contribution in [3.8, 4) is 11.4 Å². The predicted octanol–water partition coefficient (Wildman–Crippen LogP) is 7.54. The minimum absolute atomic E-state index is 0.359. The van der Waals surface area contributed by atoms with Gasteiger partial charge in [-0.1, -0.05) is 83.9 Å². The van der Waals surface area contributed by atoms with Gasteiger partial charge in [0.25, 0.3) is 11.1 Å². The van der Waals surface area contributed by atoms with Gasteiger partial charge < -0.3 is 4.57 Å². The third-order valence-electron chi connectivity index (χ3n) is 6.05. The van der Waals surface area contributed by atoms with Crippen molar-refractivity contribution < 1.29 is 9.59 Å². The Morgan fingerprint density at radius 3 is 2.39 bits per heavy atom. The van der Waals surface area contributed by atoms with Crippen molar-refractivity contribution in [3.63, 3.8) is 0 Å². The molecule has 0 aliphatic carbocycles. The zero-order chi connectivity index (χ0) is 24.8. The van der Waals surface area contributed by atoms with Crippen molar-refractivity contribution in [1.29, 1.82) is 0 Å². The van der Waals surface area contributed by atoms with E-state index in [1.165, 1.54) is 10.8 Å². The lowest BCUT2D eigenvalue weighted by Crippen LogP contribution is -2.17. The minimum atomic E-state index is -0.375. The number of nitrogens with one attached hydrogen (secondary N) is 1. The fourth-order valence-electron chi connectivity index (χ4n) is 4.32. The van der Waals surface area contributed by atoms with Gasteiger partial charge in [-0.2, -0.15) is 0 Å². The molecule has 176 valence electrons. The molecule has 0 unspecified atom stereocenters. The molecule has 1 aliphatic rings. The molecule has 2 heterocycles. The van der Waals surface area contributed by atoms with Crippen LogP contribution in [0.2, 0.25) is 10.0 Å². The Morgan fingerprint density at radius 2 is 1.64 bits per heavy atom. The fourth-order valence-corrected chi connectivity index (χ4v) is 5.32. The van der Waals surface area contributed by atoms with Crippen LogP contribution < -0.4 is 5.32 Å². The van der Waals surface area contributed by atoms with E-state index in [1.54, 1.807) is 12.1 Å². The van der Waals surface area contributed by atoms with Crippen LogP contribution in [0.1, 0.15) is 11.1 Å². The van der Waals surface area contributed by atoms with Gasteiger partial charge in [-0.3, -0.25) is 14.9 Å². The van der Waals surface area contributed by atoms with E-state index in [4.69, 9.17) is 28.2 Å². The van der Waals surface area contributed by atoms with Crippen LogP contribution in [-0.2, 0) is 11.3 Å². The number of thioether (sulfide) groups is 1. The van der Waals surface area contributed by atoms with Crippen LogP contribution in [-0.4, -0.2) is 20.7 Å². The molecule has 1 aliphatic heterocycles. The van der Waals surface area contributed by atoms with Gasteiger partial charge in [-0.05, 0) is 57.9 Å². The minimum Gasteiger partial charge on any atom is -0.319 e. The second-order valence-corrected chi connectivity index (χ2v) is 10.3. The quantitative estimate of drug-likeness (QED) is 0.244. The Balaban J connectivity index is 1.43. The second kappa shape index (κ2) is 9.13. The summed E-state index contributed by atoms with van der Waals surface area (Å²) < 4.78 is 2.13. The highest BCUT2D eigenvalue weighted by Gasteiger charge is 2.25. The summed E-state index contributed by atoms with van der Waals surface area (Å²) in [5, 5.41) is 5.20. The molecular weight excluding hydrogens is 513 g/mol. The molecular formula is C28H17Cl2N3O2S. The molecule has 1 N–H and O–H groups in total. The Hall–Kier alpha value is -3.58. The number of hydrogen-bond acceptors (Lipinski definition) is 4. The van der Waals surface area contributed by atoms with E-state index in [0.717, 1.165) is 45.3 Å². The molecule has 1 fully saturated rings. The number of benzene rings is 4. The van der Waals surface area contributed by atoms with Crippen molar-refractivity contribution >= 4 is 74.0 Å². The van der Waals surface area contributed by atoms with Crippen LogP contribution in [0.4, 0.5) is 4.79 Å². The number of carbonyl (C=O) groups excluding carboxylic acids is 2. The van der Waals surface area contributed by atoms with Crippen LogP contribution in [0.5, 0.6) is 0 Å². The van der Waals surface area contributed by atoms with Gasteiger partial charge in [0.1, 0.15) is 5.82 Å². The van der Waals surface area contributed by atoms with Gasteiger partial charge >= 0.3 is 0 Å². The summed E-state index contributed by atoms with van der Waals surface area (Å²) in [5.74, 6) is 0.402. The maximum Gasteiger partial charge on any atom is 0.290 e. The lowest BCUT2D eigenvalue weighted by Gasteiger charge is -2.11. The van der Waals surface area contributed by atoms with Gasteiger partial charge in [-0.25, -0.2) is 4.98 Å². The van der Waals surface area contributed by atoms with Gasteiger partial charge in [0.15, 0.2) is 0 Å². The van der Waals surface area contributed by atoms with Crippen molar-refractivity contribution in [3.05, 3.63) is 105 Å². The normalized spacial score (nSPS) is 14.8. The van der Waals surface area contributed by atoms with Gasteiger partial charge in [-0.15, -0.1) is 0 Å². The number of fused-ring (bicyclic) bond motifs is 2. The second-order valence-electron chi connectivity index (χ2n) is 8.43. The summed E-state index contributed by atoms with van der Waals surface area (Å²) in [6.07, 6.45) is 1.70. The summed E-state index contributed by atoms with van der Waals surface area (Å²) in [7, 11) is 0. The van der Waals surface area contributed by atoms with Crippen LogP contribution >= 0.6 is 35.0 Å². The molecule has 5 nitrogen and oxygen atoms in total. The average molecular weight is 530 g/mol. The zero-order valence-corrected chi connectivity index (χ0v) is 21.0. The number of carbonyl (C=O) groups is 2. The van der Waals surface area contributed by atoms with E-state index in [9.17, 15) is 9.59 Å². The molecule has 0 atom stereocenters. The van der Waals surface area contributed by atoms with Crippen molar-refractivity contribution in [2.24, 2.45) is 0 Å². The van der Waals surface area contributed by atoms with E-state index < -0.39 is 0 Å². The molecule has 0 bridgehead atoms. The maximum atomic E-state index is 11.9. The molecule has 36 heavy (non-hydrogen) atoms. The molecule has 2 amide bonds. The largest absolute Gasteiger partial charge is 0.319 e. The number of hydrogen-bond donors (Lipinski definition) is 1. The molecule has 1 aromatic heterocycles. The molecule has 0 saturated carbocycles. The number of halogens is 2. The van der Waals surface area contributed by atoms with Crippen LogP contribution in [0.25, 0.3) is 39.3 Å². The highest BCUT2D eigenvalue weighted by atomic mass is 35.5. The standard InChI is InChI=1S/C28H17Cl2N3O2S/c29-21-13-23-24(14-22(21)30)33(15-17-7-8-18-3-1-2-4-20(18)11-17)26(31-23)19-9-5-16(6-10-19)12-25-27(34)32-28(35)36-25/h1-14H,15H2,(H,32,34,35)/b25-12+. The number of amides is 2. The Kier molecular flexibility index (Phi) is 5.80. The highest BCUT2D eigenvalue weighted by molar-refractivity contribution is 8.18. The first kappa shape index (κ1) is 22.9. The first-order valence-electron chi connectivity index (χ1n) is 11.1. The van der Waals surface area contributed by atoms with E-state index in [-0.39, 0.29) is 11.1 Å². The average Bonchev–Trinajstić information content (AvgIpc) is 3.37. The topological polar surface area (TPSA) is 64.0 Å². The molecule has 1 saturated heterocycles. The van der Waals surface area contributed by atoms with Crippen LogP contribution in [0.3, 0.4) is 0 Å². The molecule has 0 radical (unpaired) electrons. The van der Waals surface area contributed by atoms with Crippen molar-refractivity contribution in [2.45, 2.75) is 6.54 Å². The highest BCUT2D eigenvalue weighted by Crippen LogP contribution is 2.33. The lowest BCUT2D eigenvalue weighted by molar-refractivity contribution is -0.115. The maximum absolute atomic E-state index is 11.9. The van der Waals surface area contributed by atoms with Crippen LogP contribution in [0.15, 0.2) is 83.8 Å². The third-order valence-corrected chi connectivity index (χ3v) is 7.59. The molecule has 0 spiro atoms. The van der Waals surface area contributed by atoms with E-state index in [0.29, 0.717) is 21.5 Å². The number of imide groups is 1. The Bertz CT molecular complexity index is 1730. The fraction of sp³-hybridized carbons (Fsp3) is 0.0357. The van der Waals surface area contributed by atoms with Crippen LogP contribution in [0, 0.1) is 0 Å². The lowest BCUT2D eigenvalue weighted by atomic mass is 10.1. The van der Waals surface area contributed by atoms with Crippen molar-refractivity contribution in [2.75, 3.05) is 0 Å². The summed E-state index contributed by atoms with van der Waals surface area (Å²) in [4.78, 5) is 28.6. The molecule has 8 heteroatoms. The summed E-state index contributed by atoms with van der Waals surface area (Å²) in [5.41, 5.74) is 4.49. The summed E-state index contributed by atoms with van der Waals surface area (Å²) >= 11 is 13.6. The monoisotopic (exact) mass is 529 g/mol. The number of imidazole rings is 1. The predicted molar refractivity (Wildman–Crippen MR) is 147 cm³/mol. The van der Waals surface area contributed by atoms with E-state index in [2.05, 4.69) is 40.2 Å². The van der Waals surface area contributed by atoms with E-state index >= 15 is 0 Å². The first-order valence-corrected chi connectivity index (χ1v) is 12.7. The molecule has 6 rings (SSSR count). The number of aromatic nitrogens is 2. The zero-order valence-electron chi connectivity index (χ0n) is 18.7. The third kappa shape index (κ3) is 4.28. The number of nitrogens with zero attached hydrogens (tertiary/aromatic N) is 2. The van der Waals surface area contributed by atoms with Gasteiger partial charge in [0.05, 0.1) is 26.0 Å². The smallest absolute Gasteiger partial charge is 0.290 e. The van der Waals surface area contributed by atoms with E-state index in [1.807, 2.05) is 42.5 Å². The number of rotatable bonds is 4. The molecule has 4 aromatic carbocycles. The SMILES string of the molecule is O=C1NC(=O)/C(=C\c2ccc(-c3nc4cc(Cl)c(Cl)cc4n3Cc3ccc4ccccc4c3)cc2)S1. The Labute approximate surface area is 220 Å². The van der Waals surface area contributed by atoms with Crippen molar-refractivity contribution in [1.82, 2.24) is 14.9 Å².